The van der Waals surface area contributed by atoms with E-state index in [0.717, 1.165) is 6.07 Å². The highest BCUT2D eigenvalue weighted by Gasteiger charge is 2.20. The molecule has 0 heterocycles. The predicted octanol–water partition coefficient (Wildman–Crippen LogP) is 6.22. The number of anilines is 2. The van der Waals surface area contributed by atoms with Crippen molar-refractivity contribution in [1.29, 1.82) is 0 Å². The van der Waals surface area contributed by atoms with Gasteiger partial charge in [0.25, 0.3) is 17.5 Å². The molecule has 3 rings (SSSR count). The molecule has 3 aromatic rings. The predicted molar refractivity (Wildman–Crippen MR) is 126 cm³/mol. The van der Waals surface area contributed by atoms with Crippen molar-refractivity contribution in [2.75, 3.05) is 10.6 Å². The molecule has 0 spiro atoms. The second kappa shape index (κ2) is 10.3. The van der Waals surface area contributed by atoms with Gasteiger partial charge in [0, 0.05) is 38.6 Å². The Kier molecular flexibility index (Phi) is 7.48. The lowest BCUT2D eigenvalue weighted by Gasteiger charge is -2.11. The molecule has 32 heavy (non-hydrogen) atoms. The van der Waals surface area contributed by atoms with Crippen LogP contribution in [-0.2, 0) is 9.59 Å². The van der Waals surface area contributed by atoms with E-state index < -0.39 is 16.7 Å². The van der Waals surface area contributed by atoms with Gasteiger partial charge in [0.2, 0.25) is 0 Å². The minimum Gasteiger partial charge on any atom is -0.322 e. The van der Waals surface area contributed by atoms with Crippen LogP contribution in [0.2, 0.25) is 15.1 Å². The molecular weight excluding hydrogens is 477 g/mol. The average Bonchev–Trinajstić information content (AvgIpc) is 2.71. The lowest BCUT2D eigenvalue weighted by molar-refractivity contribution is -0.384. The van der Waals surface area contributed by atoms with Crippen LogP contribution in [-0.4, -0.2) is 16.7 Å². The molecule has 162 valence electrons. The number of carbonyl (C=O) groups is 2. The number of rotatable bonds is 6. The van der Waals surface area contributed by atoms with Crippen LogP contribution < -0.4 is 10.6 Å². The van der Waals surface area contributed by atoms with E-state index in [0.29, 0.717) is 21.4 Å². The largest absolute Gasteiger partial charge is 0.322 e. The van der Waals surface area contributed by atoms with Gasteiger partial charge in [-0.15, -0.1) is 0 Å². The minimum atomic E-state index is -0.755. The van der Waals surface area contributed by atoms with Gasteiger partial charge in [-0.25, -0.2) is 0 Å². The van der Waals surface area contributed by atoms with Gasteiger partial charge in [-0.2, -0.15) is 0 Å². The van der Waals surface area contributed by atoms with Crippen molar-refractivity contribution in [2.24, 2.45) is 0 Å². The van der Waals surface area contributed by atoms with Crippen molar-refractivity contribution in [3.8, 4) is 0 Å². The van der Waals surface area contributed by atoms with Gasteiger partial charge in [-0.1, -0.05) is 46.9 Å². The summed E-state index contributed by atoms with van der Waals surface area (Å²) in [5.41, 5.74) is 0.318. The monoisotopic (exact) mass is 489 g/mol. The molecule has 0 saturated heterocycles. The Bertz CT molecular complexity index is 1180. The number of nitro benzene ring substituents is 1. The highest BCUT2D eigenvalue weighted by atomic mass is 35.5. The van der Waals surface area contributed by atoms with Crippen molar-refractivity contribution >= 4 is 69.8 Å². The van der Waals surface area contributed by atoms with Crippen molar-refractivity contribution < 1.29 is 14.5 Å². The van der Waals surface area contributed by atoms with Crippen molar-refractivity contribution in [3.63, 3.8) is 0 Å². The molecule has 0 aliphatic rings. The first-order valence-electron chi connectivity index (χ1n) is 9.02. The summed E-state index contributed by atoms with van der Waals surface area (Å²) in [6.07, 6.45) is 1.21. The number of benzene rings is 3. The number of amides is 2. The third kappa shape index (κ3) is 6.31. The van der Waals surface area contributed by atoms with Gasteiger partial charge in [0.05, 0.1) is 4.92 Å². The second-order valence-corrected chi connectivity index (χ2v) is 7.80. The molecule has 2 N–H and O–H groups in total. The third-order valence-corrected chi connectivity index (χ3v) is 4.77. The molecular formula is C22H14Cl3N3O4. The number of halogens is 3. The molecule has 0 saturated carbocycles. The van der Waals surface area contributed by atoms with Gasteiger partial charge in [-0.05, 0) is 54.1 Å². The van der Waals surface area contributed by atoms with Crippen LogP contribution in [0.5, 0.6) is 0 Å². The molecule has 0 fully saturated rings. The normalized spacial score (nSPS) is 10.2. The maximum absolute atomic E-state index is 13.0. The summed E-state index contributed by atoms with van der Waals surface area (Å²) in [6.45, 7) is 0. The summed E-state index contributed by atoms with van der Waals surface area (Å²) in [5.74, 6) is -1.51. The van der Waals surface area contributed by atoms with E-state index in [9.17, 15) is 19.7 Å². The molecule has 2 amide bonds. The fraction of sp³-hybridized carbons (Fsp3) is 0. The van der Waals surface area contributed by atoms with Crippen molar-refractivity contribution in [3.05, 3.63) is 103 Å². The lowest BCUT2D eigenvalue weighted by atomic mass is 10.1. The number of non-ortho nitro benzene ring substituents is 1. The van der Waals surface area contributed by atoms with Gasteiger partial charge in [-0.3, -0.25) is 19.7 Å². The first kappa shape index (κ1) is 23.3. The molecule has 0 atom stereocenters. The number of nitrogens with one attached hydrogen (secondary N) is 2. The Morgan fingerprint density at radius 3 is 1.78 bits per heavy atom. The van der Waals surface area contributed by atoms with Gasteiger partial charge in [0.15, 0.2) is 0 Å². The second-order valence-electron chi connectivity index (χ2n) is 6.49. The molecule has 0 unspecified atom stereocenters. The van der Waals surface area contributed by atoms with Crippen LogP contribution in [0.4, 0.5) is 17.1 Å². The van der Waals surface area contributed by atoms with E-state index in [-0.39, 0.29) is 21.8 Å². The summed E-state index contributed by atoms with van der Waals surface area (Å²) in [5, 5.41) is 17.2. The van der Waals surface area contributed by atoms with E-state index >= 15 is 0 Å². The zero-order valence-corrected chi connectivity index (χ0v) is 18.4. The Morgan fingerprint density at radius 1 is 0.781 bits per heavy atom. The van der Waals surface area contributed by atoms with Crippen molar-refractivity contribution in [1.82, 2.24) is 0 Å². The van der Waals surface area contributed by atoms with Crippen LogP contribution in [0, 0.1) is 10.1 Å². The summed E-state index contributed by atoms with van der Waals surface area (Å²) >= 11 is 17.9. The maximum atomic E-state index is 13.0. The van der Waals surface area contributed by atoms with Crippen LogP contribution in [0.15, 0.2) is 72.3 Å². The Morgan fingerprint density at radius 2 is 1.31 bits per heavy atom. The average molecular weight is 491 g/mol. The standard InChI is InChI=1S/C22H14Cl3N3O4/c23-14-3-1-5-17(10-14)26-21(29)20(22(30)27-18-6-2-4-15(24)11-18)9-13-7-16(25)12-19(8-13)28(31)32/h1-12H,(H,26,29)(H,27,30). The third-order valence-electron chi connectivity index (χ3n) is 4.08. The number of nitro groups is 1. The lowest BCUT2D eigenvalue weighted by Crippen LogP contribution is -2.25. The quantitative estimate of drug-likeness (QED) is 0.141. The van der Waals surface area contributed by atoms with E-state index in [2.05, 4.69) is 10.6 Å². The Balaban J connectivity index is 2.00. The summed E-state index contributed by atoms with van der Waals surface area (Å²) in [4.78, 5) is 36.4. The Hall–Kier alpha value is -3.39. The molecule has 3 aromatic carbocycles. The SMILES string of the molecule is O=C(Nc1cccc(Cl)c1)C(=Cc1cc(Cl)cc([N+](=O)[O-])c1)C(=O)Nc1cccc(Cl)c1. The van der Waals surface area contributed by atoms with Gasteiger partial charge >= 0.3 is 0 Å². The number of carbonyl (C=O) groups excluding carboxylic acids is 2. The van der Waals surface area contributed by atoms with Crippen LogP contribution in [0.1, 0.15) is 5.56 Å². The van der Waals surface area contributed by atoms with Gasteiger partial charge in [0.1, 0.15) is 5.57 Å². The zero-order chi connectivity index (χ0) is 23.3. The van der Waals surface area contributed by atoms with Crippen LogP contribution in [0.3, 0.4) is 0 Å². The van der Waals surface area contributed by atoms with Crippen LogP contribution in [0.25, 0.3) is 6.08 Å². The summed E-state index contributed by atoms with van der Waals surface area (Å²) < 4.78 is 0. The highest BCUT2D eigenvalue weighted by molar-refractivity contribution is 6.33. The fourth-order valence-electron chi connectivity index (χ4n) is 2.72. The highest BCUT2D eigenvalue weighted by Crippen LogP contribution is 2.24. The molecule has 0 aliphatic heterocycles. The molecule has 0 radical (unpaired) electrons. The van der Waals surface area contributed by atoms with Crippen LogP contribution >= 0.6 is 34.8 Å². The number of hydrogen-bond acceptors (Lipinski definition) is 4. The van der Waals surface area contributed by atoms with E-state index in [1.165, 1.54) is 30.3 Å². The molecule has 0 aliphatic carbocycles. The zero-order valence-electron chi connectivity index (χ0n) is 16.1. The topological polar surface area (TPSA) is 101 Å². The van der Waals surface area contributed by atoms with E-state index in [1.807, 2.05) is 0 Å². The van der Waals surface area contributed by atoms with Crippen molar-refractivity contribution in [2.45, 2.75) is 0 Å². The fourth-order valence-corrected chi connectivity index (χ4v) is 3.33. The van der Waals surface area contributed by atoms with Gasteiger partial charge < -0.3 is 10.6 Å². The summed E-state index contributed by atoms with van der Waals surface area (Å²) in [6, 6.07) is 16.5. The molecule has 0 aromatic heterocycles. The number of hydrogen-bond donors (Lipinski definition) is 2. The summed E-state index contributed by atoms with van der Waals surface area (Å²) in [7, 11) is 0. The minimum absolute atomic E-state index is 0.0790. The first-order chi connectivity index (χ1) is 15.2. The number of nitrogens with zero attached hydrogens (tertiary/aromatic N) is 1. The smallest absolute Gasteiger partial charge is 0.271 e. The molecule has 0 bridgehead atoms. The van der Waals surface area contributed by atoms with E-state index in [1.54, 1.807) is 36.4 Å². The molecule has 7 nitrogen and oxygen atoms in total. The van der Waals surface area contributed by atoms with E-state index in [4.69, 9.17) is 34.8 Å². The Labute approximate surface area is 197 Å². The first-order valence-corrected chi connectivity index (χ1v) is 10.1. The molecule has 10 heteroatoms. The maximum Gasteiger partial charge on any atom is 0.271 e.